The Bertz CT molecular complexity index is 705. The van der Waals surface area contributed by atoms with Crippen molar-refractivity contribution in [2.75, 3.05) is 19.1 Å². The maximum Gasteiger partial charge on any atom is 0.260 e. The normalized spacial score (nSPS) is 9.81. The van der Waals surface area contributed by atoms with Gasteiger partial charge in [-0.2, -0.15) is 5.26 Å². The molecule has 0 saturated heterocycles. The van der Waals surface area contributed by atoms with Gasteiger partial charge in [-0.25, -0.2) is 4.39 Å². The van der Waals surface area contributed by atoms with Gasteiger partial charge in [-0.05, 0) is 36.4 Å². The van der Waals surface area contributed by atoms with E-state index < -0.39 is 11.7 Å². The first-order chi connectivity index (χ1) is 10.1. The molecule has 0 bridgehead atoms. The Morgan fingerprint density at radius 1 is 1.24 bits per heavy atom. The average Bonchev–Trinajstić information content (AvgIpc) is 2.53. The third-order valence-electron chi connectivity index (χ3n) is 3.09. The molecule has 0 radical (unpaired) electrons. The number of benzene rings is 2. The molecule has 0 aliphatic rings. The highest BCUT2D eigenvalue weighted by molar-refractivity contribution is 6.06. The second-order valence-corrected chi connectivity index (χ2v) is 4.37. The van der Waals surface area contributed by atoms with Crippen LogP contribution in [0.3, 0.4) is 0 Å². The predicted octanol–water partition coefficient (Wildman–Crippen LogP) is 2.98. The summed E-state index contributed by atoms with van der Waals surface area (Å²) in [5.74, 6) is -0.759. The van der Waals surface area contributed by atoms with Crippen LogP contribution in [0.1, 0.15) is 15.9 Å². The lowest BCUT2D eigenvalue weighted by Crippen LogP contribution is -2.27. The summed E-state index contributed by atoms with van der Waals surface area (Å²) in [5.41, 5.74) is 1.03. The molecule has 2 rings (SSSR count). The average molecular weight is 284 g/mol. The standard InChI is InChI=1S/C16H13FN2O2/c1-19(12-5-3-11(10-18)4-6-12)16(20)14-8-7-13(21-2)9-15(14)17/h3-9H,1-2H3. The molecule has 0 aromatic heterocycles. The van der Waals surface area contributed by atoms with Crippen molar-refractivity contribution in [3.8, 4) is 11.8 Å². The maximum atomic E-state index is 13.9. The summed E-state index contributed by atoms with van der Waals surface area (Å²) in [6.07, 6.45) is 0. The summed E-state index contributed by atoms with van der Waals surface area (Å²) < 4.78 is 18.8. The van der Waals surface area contributed by atoms with E-state index >= 15 is 0 Å². The molecule has 0 fully saturated rings. The molecule has 0 heterocycles. The monoisotopic (exact) mass is 284 g/mol. The van der Waals surface area contributed by atoms with E-state index in [2.05, 4.69) is 0 Å². The zero-order valence-electron chi connectivity index (χ0n) is 11.6. The van der Waals surface area contributed by atoms with Gasteiger partial charge in [0.05, 0.1) is 24.3 Å². The number of halogens is 1. The minimum Gasteiger partial charge on any atom is -0.497 e. The molecule has 0 aliphatic heterocycles. The minimum absolute atomic E-state index is 0.0392. The van der Waals surface area contributed by atoms with Crippen LogP contribution in [0.4, 0.5) is 10.1 Å². The van der Waals surface area contributed by atoms with Gasteiger partial charge in [0.15, 0.2) is 0 Å². The van der Waals surface area contributed by atoms with E-state index in [4.69, 9.17) is 10.00 Å². The van der Waals surface area contributed by atoms with Crippen LogP contribution in [-0.2, 0) is 0 Å². The van der Waals surface area contributed by atoms with Gasteiger partial charge in [0.1, 0.15) is 11.6 Å². The fourth-order valence-electron chi connectivity index (χ4n) is 1.85. The van der Waals surface area contributed by atoms with Gasteiger partial charge in [-0.1, -0.05) is 0 Å². The van der Waals surface area contributed by atoms with Crippen molar-refractivity contribution < 1.29 is 13.9 Å². The molecule has 1 amide bonds. The smallest absolute Gasteiger partial charge is 0.260 e. The van der Waals surface area contributed by atoms with Crippen LogP contribution in [0.5, 0.6) is 5.75 Å². The van der Waals surface area contributed by atoms with Gasteiger partial charge < -0.3 is 9.64 Å². The number of anilines is 1. The molecule has 0 saturated carbocycles. The van der Waals surface area contributed by atoms with Crippen LogP contribution in [0.25, 0.3) is 0 Å². The van der Waals surface area contributed by atoms with E-state index in [0.717, 1.165) is 0 Å². The topological polar surface area (TPSA) is 53.3 Å². The molecular weight excluding hydrogens is 271 g/mol. The van der Waals surface area contributed by atoms with Crippen LogP contribution in [0, 0.1) is 17.1 Å². The number of carbonyl (C=O) groups is 1. The second kappa shape index (κ2) is 6.06. The van der Waals surface area contributed by atoms with Crippen molar-refractivity contribution in [2.24, 2.45) is 0 Å². The number of rotatable bonds is 3. The highest BCUT2D eigenvalue weighted by Crippen LogP contribution is 2.20. The van der Waals surface area contributed by atoms with Crippen LogP contribution in [0.15, 0.2) is 42.5 Å². The summed E-state index contributed by atoms with van der Waals surface area (Å²) in [7, 11) is 2.98. The van der Waals surface area contributed by atoms with Gasteiger partial charge in [0, 0.05) is 18.8 Å². The summed E-state index contributed by atoms with van der Waals surface area (Å²) in [5, 5.41) is 8.75. The van der Waals surface area contributed by atoms with Crippen LogP contribution in [-0.4, -0.2) is 20.1 Å². The van der Waals surface area contributed by atoms with Crippen molar-refractivity contribution in [1.29, 1.82) is 5.26 Å². The summed E-state index contributed by atoms with van der Waals surface area (Å²) >= 11 is 0. The minimum atomic E-state index is -0.639. The number of nitriles is 1. The molecule has 21 heavy (non-hydrogen) atoms. The first-order valence-corrected chi connectivity index (χ1v) is 6.18. The Morgan fingerprint density at radius 2 is 1.90 bits per heavy atom. The van der Waals surface area contributed by atoms with Crippen molar-refractivity contribution in [1.82, 2.24) is 0 Å². The molecule has 0 unspecified atom stereocenters. The van der Waals surface area contributed by atoms with Crippen LogP contribution >= 0.6 is 0 Å². The first-order valence-electron chi connectivity index (χ1n) is 6.18. The van der Waals surface area contributed by atoms with E-state index in [1.165, 1.54) is 30.2 Å². The fraction of sp³-hybridized carbons (Fsp3) is 0.125. The molecule has 2 aromatic rings. The summed E-state index contributed by atoms with van der Waals surface area (Å²) in [4.78, 5) is 13.6. The molecule has 5 heteroatoms. The third-order valence-corrected chi connectivity index (χ3v) is 3.09. The predicted molar refractivity (Wildman–Crippen MR) is 76.8 cm³/mol. The van der Waals surface area contributed by atoms with Crippen LogP contribution < -0.4 is 9.64 Å². The Labute approximate surface area is 122 Å². The summed E-state index contributed by atoms with van der Waals surface area (Å²) in [6.45, 7) is 0. The third kappa shape index (κ3) is 3.00. The lowest BCUT2D eigenvalue weighted by molar-refractivity contribution is 0.0989. The van der Waals surface area contributed by atoms with Crippen molar-refractivity contribution >= 4 is 11.6 Å². The van der Waals surface area contributed by atoms with Gasteiger partial charge in [0.25, 0.3) is 5.91 Å². The van der Waals surface area contributed by atoms with Crippen LogP contribution in [0.2, 0.25) is 0 Å². The fourth-order valence-corrected chi connectivity index (χ4v) is 1.85. The highest BCUT2D eigenvalue weighted by Gasteiger charge is 2.18. The second-order valence-electron chi connectivity index (χ2n) is 4.37. The first kappa shape index (κ1) is 14.5. The highest BCUT2D eigenvalue weighted by atomic mass is 19.1. The SMILES string of the molecule is COc1ccc(C(=O)N(C)c2ccc(C#N)cc2)c(F)c1. The van der Waals surface area contributed by atoms with E-state index in [1.54, 1.807) is 31.3 Å². The number of ether oxygens (including phenoxy) is 1. The Balaban J connectivity index is 2.28. The van der Waals surface area contributed by atoms with Gasteiger partial charge in [-0.3, -0.25) is 4.79 Å². The largest absolute Gasteiger partial charge is 0.497 e. The lowest BCUT2D eigenvalue weighted by Gasteiger charge is -2.18. The van der Waals surface area contributed by atoms with Crippen molar-refractivity contribution in [3.05, 3.63) is 59.4 Å². The van der Waals surface area contributed by atoms with Gasteiger partial charge in [-0.15, -0.1) is 0 Å². The molecule has 0 atom stereocenters. The van der Waals surface area contributed by atoms with E-state index in [-0.39, 0.29) is 5.56 Å². The van der Waals surface area contributed by atoms with E-state index in [9.17, 15) is 9.18 Å². The molecule has 4 nitrogen and oxygen atoms in total. The molecule has 0 spiro atoms. The Hall–Kier alpha value is -2.87. The quantitative estimate of drug-likeness (QED) is 0.870. The molecule has 2 aromatic carbocycles. The summed E-state index contributed by atoms with van der Waals surface area (Å²) in [6, 6.07) is 12.6. The molecule has 0 N–H and O–H groups in total. The van der Waals surface area contributed by atoms with Crippen molar-refractivity contribution in [2.45, 2.75) is 0 Å². The number of amides is 1. The molecular formula is C16H13FN2O2. The number of methoxy groups -OCH3 is 1. The van der Waals surface area contributed by atoms with E-state index in [0.29, 0.717) is 17.0 Å². The van der Waals surface area contributed by atoms with Crippen molar-refractivity contribution in [3.63, 3.8) is 0 Å². The molecule has 0 aliphatic carbocycles. The number of carbonyl (C=O) groups excluding carboxylic acids is 1. The van der Waals surface area contributed by atoms with Gasteiger partial charge in [0.2, 0.25) is 0 Å². The van der Waals surface area contributed by atoms with E-state index in [1.807, 2.05) is 6.07 Å². The van der Waals surface area contributed by atoms with Gasteiger partial charge >= 0.3 is 0 Å². The zero-order valence-corrected chi connectivity index (χ0v) is 11.6. The number of hydrogen-bond donors (Lipinski definition) is 0. The Kier molecular flexibility index (Phi) is 4.19. The molecule has 106 valence electrons. The lowest BCUT2D eigenvalue weighted by atomic mass is 10.1. The maximum absolute atomic E-state index is 13.9. The Morgan fingerprint density at radius 3 is 2.43 bits per heavy atom. The number of nitrogens with zero attached hydrogens (tertiary/aromatic N) is 2. The number of hydrogen-bond acceptors (Lipinski definition) is 3. The zero-order chi connectivity index (χ0) is 15.4.